The summed E-state index contributed by atoms with van der Waals surface area (Å²) >= 11 is 0. The number of amides is 1. The van der Waals surface area contributed by atoms with E-state index in [0.717, 1.165) is 11.1 Å². The third-order valence-corrected chi connectivity index (χ3v) is 4.86. The van der Waals surface area contributed by atoms with Crippen molar-refractivity contribution < 1.29 is 19.4 Å². The smallest absolute Gasteiger partial charge is 0.260 e. The summed E-state index contributed by atoms with van der Waals surface area (Å²) in [6.45, 7) is 2.09. The SMILES string of the molecule is COc1cc(-c2cc(C)c3c(n2)CN(c2cncc(CO)c2)C3=O)cnc1OC. The Morgan fingerprint density at radius 3 is 2.69 bits per heavy atom. The molecule has 29 heavy (non-hydrogen) atoms. The lowest BCUT2D eigenvalue weighted by atomic mass is 10.0. The third kappa shape index (κ3) is 3.27. The van der Waals surface area contributed by atoms with Gasteiger partial charge in [-0.3, -0.25) is 14.8 Å². The van der Waals surface area contributed by atoms with Gasteiger partial charge in [0.2, 0.25) is 0 Å². The molecule has 0 aromatic carbocycles. The number of rotatable bonds is 5. The number of ether oxygens (including phenoxy) is 2. The Morgan fingerprint density at radius 1 is 1.14 bits per heavy atom. The van der Waals surface area contributed by atoms with E-state index in [9.17, 15) is 9.90 Å². The van der Waals surface area contributed by atoms with Gasteiger partial charge in [-0.2, -0.15) is 0 Å². The van der Waals surface area contributed by atoms with E-state index in [1.807, 2.05) is 19.1 Å². The van der Waals surface area contributed by atoms with Gasteiger partial charge in [0.25, 0.3) is 11.8 Å². The summed E-state index contributed by atoms with van der Waals surface area (Å²) in [6, 6.07) is 5.43. The van der Waals surface area contributed by atoms with Crippen LogP contribution in [0.1, 0.15) is 27.2 Å². The molecule has 0 saturated carbocycles. The first kappa shape index (κ1) is 18.8. The zero-order chi connectivity index (χ0) is 20.5. The molecule has 3 aromatic heterocycles. The zero-order valence-electron chi connectivity index (χ0n) is 16.3. The van der Waals surface area contributed by atoms with E-state index >= 15 is 0 Å². The van der Waals surface area contributed by atoms with Crippen LogP contribution in [0.15, 0.2) is 36.8 Å². The quantitative estimate of drug-likeness (QED) is 0.712. The Hall–Kier alpha value is -3.52. The second-order valence-corrected chi connectivity index (χ2v) is 6.68. The molecule has 4 rings (SSSR count). The number of aromatic nitrogens is 3. The number of anilines is 1. The first-order valence-electron chi connectivity index (χ1n) is 9.01. The van der Waals surface area contributed by atoms with Gasteiger partial charge in [0.1, 0.15) is 0 Å². The summed E-state index contributed by atoms with van der Waals surface area (Å²) < 4.78 is 10.5. The molecule has 0 unspecified atom stereocenters. The van der Waals surface area contributed by atoms with Gasteiger partial charge < -0.3 is 19.5 Å². The van der Waals surface area contributed by atoms with E-state index in [1.54, 1.807) is 36.7 Å². The monoisotopic (exact) mass is 392 g/mol. The van der Waals surface area contributed by atoms with Crippen LogP contribution in [-0.4, -0.2) is 40.2 Å². The Balaban J connectivity index is 1.73. The molecule has 1 aliphatic heterocycles. The van der Waals surface area contributed by atoms with Gasteiger partial charge >= 0.3 is 0 Å². The van der Waals surface area contributed by atoms with Crippen molar-refractivity contribution in [3.63, 3.8) is 0 Å². The molecule has 3 aromatic rings. The topological polar surface area (TPSA) is 97.7 Å². The normalized spacial score (nSPS) is 12.8. The van der Waals surface area contributed by atoms with Crippen molar-refractivity contribution in [2.24, 2.45) is 0 Å². The molecule has 4 heterocycles. The van der Waals surface area contributed by atoms with Crippen LogP contribution in [0.4, 0.5) is 5.69 Å². The molecule has 148 valence electrons. The van der Waals surface area contributed by atoms with Crippen LogP contribution in [0.2, 0.25) is 0 Å². The van der Waals surface area contributed by atoms with Crippen LogP contribution >= 0.6 is 0 Å². The molecule has 8 heteroatoms. The lowest BCUT2D eigenvalue weighted by Gasteiger charge is -2.15. The van der Waals surface area contributed by atoms with Crippen LogP contribution in [0.3, 0.4) is 0 Å². The summed E-state index contributed by atoms with van der Waals surface area (Å²) in [5.74, 6) is 0.778. The number of carbonyl (C=O) groups is 1. The summed E-state index contributed by atoms with van der Waals surface area (Å²) in [6.07, 6.45) is 4.85. The van der Waals surface area contributed by atoms with Crippen molar-refractivity contribution in [3.05, 3.63) is 59.2 Å². The molecule has 1 amide bonds. The number of aryl methyl sites for hydroxylation is 1. The molecule has 0 radical (unpaired) electrons. The molecule has 1 N–H and O–H groups in total. The highest BCUT2D eigenvalue weighted by molar-refractivity contribution is 6.10. The Labute approximate surface area is 167 Å². The Kier molecular flexibility index (Phi) is 4.85. The van der Waals surface area contributed by atoms with Gasteiger partial charge in [0.05, 0.1) is 56.2 Å². The van der Waals surface area contributed by atoms with E-state index in [2.05, 4.69) is 9.97 Å². The number of carbonyl (C=O) groups excluding carboxylic acids is 1. The maximum absolute atomic E-state index is 13.0. The highest BCUT2D eigenvalue weighted by Crippen LogP contribution is 2.34. The number of fused-ring (bicyclic) bond motifs is 1. The number of pyridine rings is 3. The minimum atomic E-state index is -0.135. The van der Waals surface area contributed by atoms with Crippen LogP contribution in [0.25, 0.3) is 11.3 Å². The van der Waals surface area contributed by atoms with Gasteiger partial charge in [-0.05, 0) is 36.2 Å². The minimum absolute atomic E-state index is 0.126. The maximum atomic E-state index is 13.0. The average Bonchev–Trinajstić information content (AvgIpc) is 3.10. The second kappa shape index (κ2) is 7.48. The van der Waals surface area contributed by atoms with E-state index < -0.39 is 0 Å². The molecular formula is C21H20N4O4. The highest BCUT2D eigenvalue weighted by Gasteiger charge is 2.32. The van der Waals surface area contributed by atoms with Gasteiger partial charge in [0.15, 0.2) is 5.75 Å². The van der Waals surface area contributed by atoms with E-state index in [-0.39, 0.29) is 12.5 Å². The van der Waals surface area contributed by atoms with Crippen molar-refractivity contribution in [2.75, 3.05) is 19.1 Å². The van der Waals surface area contributed by atoms with E-state index in [0.29, 0.717) is 46.4 Å². The zero-order valence-corrected chi connectivity index (χ0v) is 16.3. The molecular weight excluding hydrogens is 372 g/mol. The lowest BCUT2D eigenvalue weighted by molar-refractivity contribution is 0.0996. The maximum Gasteiger partial charge on any atom is 0.260 e. The Morgan fingerprint density at radius 2 is 1.97 bits per heavy atom. The second-order valence-electron chi connectivity index (χ2n) is 6.68. The van der Waals surface area contributed by atoms with Crippen molar-refractivity contribution in [1.82, 2.24) is 15.0 Å². The largest absolute Gasteiger partial charge is 0.491 e. The summed E-state index contributed by atoms with van der Waals surface area (Å²) in [5.41, 5.74) is 4.86. The van der Waals surface area contributed by atoms with Crippen molar-refractivity contribution >= 4 is 11.6 Å². The van der Waals surface area contributed by atoms with Crippen LogP contribution in [-0.2, 0) is 13.2 Å². The van der Waals surface area contributed by atoms with Crippen LogP contribution in [0, 0.1) is 6.92 Å². The Bertz CT molecular complexity index is 1100. The minimum Gasteiger partial charge on any atom is -0.491 e. The number of hydrogen-bond donors (Lipinski definition) is 1. The van der Waals surface area contributed by atoms with Gasteiger partial charge in [0, 0.05) is 18.0 Å². The van der Waals surface area contributed by atoms with E-state index in [4.69, 9.17) is 14.5 Å². The van der Waals surface area contributed by atoms with Gasteiger partial charge in [-0.1, -0.05) is 0 Å². The molecule has 0 saturated heterocycles. The molecule has 1 aliphatic rings. The molecule has 0 atom stereocenters. The van der Waals surface area contributed by atoms with E-state index in [1.165, 1.54) is 7.11 Å². The number of methoxy groups -OCH3 is 2. The number of hydrogen-bond acceptors (Lipinski definition) is 7. The van der Waals surface area contributed by atoms with Crippen molar-refractivity contribution in [2.45, 2.75) is 20.1 Å². The fourth-order valence-corrected chi connectivity index (χ4v) is 3.44. The molecule has 0 spiro atoms. The van der Waals surface area contributed by atoms with Crippen molar-refractivity contribution in [1.29, 1.82) is 0 Å². The number of aliphatic hydroxyl groups is 1. The fourth-order valence-electron chi connectivity index (χ4n) is 3.44. The summed E-state index contributed by atoms with van der Waals surface area (Å²) in [5, 5.41) is 9.35. The predicted octanol–water partition coefficient (Wildman–Crippen LogP) is 2.52. The molecule has 0 aliphatic carbocycles. The first-order chi connectivity index (χ1) is 14.0. The standard InChI is InChI=1S/C21H20N4O4/c1-12-4-16(14-6-18(28-2)20(29-3)23-8-14)24-17-10-25(21(27)19(12)17)15-5-13(11-26)7-22-9-15/h4-9,26H,10-11H2,1-3H3. The van der Waals surface area contributed by atoms with Gasteiger partial charge in [-0.25, -0.2) is 4.98 Å². The molecule has 8 nitrogen and oxygen atoms in total. The summed E-state index contributed by atoms with van der Waals surface area (Å²) in [7, 11) is 3.08. The van der Waals surface area contributed by atoms with Crippen LogP contribution in [0.5, 0.6) is 11.6 Å². The average molecular weight is 392 g/mol. The lowest BCUT2D eigenvalue weighted by Crippen LogP contribution is -2.23. The highest BCUT2D eigenvalue weighted by atomic mass is 16.5. The molecule has 0 bridgehead atoms. The van der Waals surface area contributed by atoms with Crippen LogP contribution < -0.4 is 14.4 Å². The predicted molar refractivity (Wildman–Crippen MR) is 106 cm³/mol. The fraction of sp³-hybridized carbons (Fsp3) is 0.238. The first-order valence-corrected chi connectivity index (χ1v) is 9.01. The van der Waals surface area contributed by atoms with Crippen molar-refractivity contribution in [3.8, 4) is 22.9 Å². The number of nitrogens with zero attached hydrogens (tertiary/aromatic N) is 4. The third-order valence-electron chi connectivity index (χ3n) is 4.86. The molecule has 0 fully saturated rings. The summed E-state index contributed by atoms with van der Waals surface area (Å²) in [4.78, 5) is 27.7. The van der Waals surface area contributed by atoms with Gasteiger partial charge in [-0.15, -0.1) is 0 Å². The number of aliphatic hydroxyl groups excluding tert-OH is 1.